The van der Waals surface area contributed by atoms with Crippen LogP contribution >= 0.6 is 15.9 Å². The number of hydrogen-bond donors (Lipinski definition) is 2. The molecule has 1 rings (SSSR count). The fourth-order valence-electron chi connectivity index (χ4n) is 1.89. The van der Waals surface area contributed by atoms with Gasteiger partial charge >= 0.3 is 6.03 Å². The van der Waals surface area contributed by atoms with Gasteiger partial charge in [-0.3, -0.25) is 4.79 Å². The molecule has 5 heteroatoms. The lowest BCUT2D eigenvalue weighted by Crippen LogP contribution is -2.35. The molecule has 110 valence electrons. The van der Waals surface area contributed by atoms with Crippen molar-refractivity contribution in [3.8, 4) is 0 Å². The minimum atomic E-state index is -0.290. The fraction of sp³-hybridized carbons (Fsp3) is 0.467. The molecule has 1 aromatic rings. The van der Waals surface area contributed by atoms with Crippen LogP contribution in [0.5, 0.6) is 0 Å². The Labute approximate surface area is 128 Å². The van der Waals surface area contributed by atoms with Crippen LogP contribution in [0.15, 0.2) is 28.7 Å². The van der Waals surface area contributed by atoms with Gasteiger partial charge in [0.15, 0.2) is 0 Å². The highest BCUT2D eigenvalue weighted by Crippen LogP contribution is 2.14. The van der Waals surface area contributed by atoms with E-state index in [9.17, 15) is 9.59 Å². The number of halogens is 1. The Kier molecular flexibility index (Phi) is 6.71. The molecule has 0 saturated heterocycles. The van der Waals surface area contributed by atoms with Crippen LogP contribution in [0, 0.1) is 11.8 Å². The third-order valence-electron chi connectivity index (χ3n) is 2.94. The number of anilines is 1. The van der Waals surface area contributed by atoms with E-state index in [1.807, 2.05) is 12.1 Å². The Morgan fingerprint density at radius 3 is 2.30 bits per heavy atom. The lowest BCUT2D eigenvalue weighted by Gasteiger charge is -2.17. The summed E-state index contributed by atoms with van der Waals surface area (Å²) in [6.07, 6.45) is 0.786. The SMILES string of the molecule is CC(=O)C(CNC(=O)Nc1ccc(Br)cc1)CC(C)C. The summed E-state index contributed by atoms with van der Waals surface area (Å²) in [5.41, 5.74) is 0.717. The van der Waals surface area contributed by atoms with Crippen LogP contribution in [0.4, 0.5) is 10.5 Å². The molecule has 0 heterocycles. The van der Waals surface area contributed by atoms with Gasteiger partial charge in [0.1, 0.15) is 5.78 Å². The summed E-state index contributed by atoms with van der Waals surface area (Å²) in [4.78, 5) is 23.3. The molecule has 1 atom stereocenters. The number of carbonyl (C=O) groups excluding carboxylic acids is 2. The molecular formula is C15H21BrN2O2. The van der Waals surface area contributed by atoms with Gasteiger partial charge < -0.3 is 10.6 Å². The molecule has 0 aliphatic carbocycles. The summed E-state index contributed by atoms with van der Waals surface area (Å²) in [6.45, 7) is 6.08. The summed E-state index contributed by atoms with van der Waals surface area (Å²) in [5, 5.41) is 5.48. The molecule has 2 N–H and O–H groups in total. The van der Waals surface area contributed by atoms with Crippen molar-refractivity contribution in [3.05, 3.63) is 28.7 Å². The number of Topliss-reactive ketones (excluding diaryl/α,β-unsaturated/α-hetero) is 1. The maximum absolute atomic E-state index is 11.8. The maximum Gasteiger partial charge on any atom is 0.319 e. The Hall–Kier alpha value is -1.36. The number of hydrogen-bond acceptors (Lipinski definition) is 2. The summed E-state index contributed by atoms with van der Waals surface area (Å²) in [6, 6.07) is 7.03. The van der Waals surface area contributed by atoms with Gasteiger partial charge in [-0.2, -0.15) is 0 Å². The van der Waals surface area contributed by atoms with Crippen LogP contribution in [0.3, 0.4) is 0 Å². The van der Waals surface area contributed by atoms with E-state index in [0.717, 1.165) is 10.9 Å². The van der Waals surface area contributed by atoms with Gasteiger partial charge in [-0.15, -0.1) is 0 Å². The molecule has 0 aromatic heterocycles. The predicted octanol–water partition coefficient (Wildman–Crippen LogP) is 3.82. The molecular weight excluding hydrogens is 320 g/mol. The summed E-state index contributed by atoms with van der Waals surface area (Å²) >= 11 is 3.33. The van der Waals surface area contributed by atoms with Crippen LogP contribution in [0.2, 0.25) is 0 Å². The fourth-order valence-corrected chi connectivity index (χ4v) is 2.15. The lowest BCUT2D eigenvalue weighted by molar-refractivity contribution is -0.121. The molecule has 0 aliphatic heterocycles. The monoisotopic (exact) mass is 340 g/mol. The van der Waals surface area contributed by atoms with Crippen molar-refractivity contribution in [2.24, 2.45) is 11.8 Å². The second-order valence-corrected chi connectivity index (χ2v) is 6.19. The number of urea groups is 1. The third-order valence-corrected chi connectivity index (χ3v) is 3.47. The predicted molar refractivity (Wildman–Crippen MR) is 84.8 cm³/mol. The van der Waals surface area contributed by atoms with Crippen molar-refractivity contribution >= 4 is 33.4 Å². The van der Waals surface area contributed by atoms with E-state index in [2.05, 4.69) is 40.4 Å². The smallest absolute Gasteiger partial charge is 0.319 e. The Morgan fingerprint density at radius 1 is 1.20 bits per heavy atom. The van der Waals surface area contributed by atoms with Crippen molar-refractivity contribution in [2.45, 2.75) is 27.2 Å². The Bertz CT molecular complexity index is 457. The van der Waals surface area contributed by atoms with Crippen molar-refractivity contribution in [2.75, 3.05) is 11.9 Å². The molecule has 0 radical (unpaired) electrons. The maximum atomic E-state index is 11.8. The highest BCUT2D eigenvalue weighted by atomic mass is 79.9. The summed E-state index contributed by atoms with van der Waals surface area (Å²) < 4.78 is 0.956. The highest BCUT2D eigenvalue weighted by Gasteiger charge is 2.16. The first-order chi connectivity index (χ1) is 9.38. The van der Waals surface area contributed by atoms with Gasteiger partial charge in [-0.05, 0) is 43.5 Å². The average Bonchev–Trinajstić information content (AvgIpc) is 2.36. The molecule has 0 saturated carbocycles. The van der Waals surface area contributed by atoms with Crippen LogP contribution in [-0.4, -0.2) is 18.4 Å². The molecule has 2 amide bonds. The molecule has 0 fully saturated rings. The van der Waals surface area contributed by atoms with E-state index in [1.165, 1.54) is 0 Å². The molecule has 20 heavy (non-hydrogen) atoms. The van der Waals surface area contributed by atoms with E-state index in [4.69, 9.17) is 0 Å². The quantitative estimate of drug-likeness (QED) is 0.826. The number of amides is 2. The second-order valence-electron chi connectivity index (χ2n) is 5.28. The molecule has 1 aromatic carbocycles. The minimum Gasteiger partial charge on any atom is -0.337 e. The van der Waals surface area contributed by atoms with Crippen LogP contribution in [0.25, 0.3) is 0 Å². The van der Waals surface area contributed by atoms with E-state index in [-0.39, 0.29) is 17.7 Å². The van der Waals surface area contributed by atoms with Crippen LogP contribution < -0.4 is 10.6 Å². The molecule has 0 spiro atoms. The first-order valence-electron chi connectivity index (χ1n) is 6.69. The summed E-state index contributed by atoms with van der Waals surface area (Å²) in [7, 11) is 0. The third kappa shape index (κ3) is 6.19. The largest absolute Gasteiger partial charge is 0.337 e. The topological polar surface area (TPSA) is 58.2 Å². The van der Waals surface area contributed by atoms with Crippen LogP contribution in [0.1, 0.15) is 27.2 Å². The minimum absolute atomic E-state index is 0.114. The average molecular weight is 341 g/mol. The highest BCUT2D eigenvalue weighted by molar-refractivity contribution is 9.10. The van der Waals surface area contributed by atoms with E-state index < -0.39 is 0 Å². The number of rotatable bonds is 6. The molecule has 4 nitrogen and oxygen atoms in total. The molecule has 0 aliphatic rings. The zero-order valence-electron chi connectivity index (χ0n) is 12.1. The van der Waals surface area contributed by atoms with Gasteiger partial charge in [0.2, 0.25) is 0 Å². The number of ketones is 1. The lowest BCUT2D eigenvalue weighted by atomic mass is 9.94. The zero-order chi connectivity index (χ0) is 15.1. The van der Waals surface area contributed by atoms with Gasteiger partial charge in [0.25, 0.3) is 0 Å². The molecule has 0 bridgehead atoms. The molecule has 1 unspecified atom stereocenters. The zero-order valence-corrected chi connectivity index (χ0v) is 13.7. The van der Waals surface area contributed by atoms with E-state index >= 15 is 0 Å². The normalized spacial score (nSPS) is 12.1. The van der Waals surface area contributed by atoms with Gasteiger partial charge in [0.05, 0.1) is 0 Å². The van der Waals surface area contributed by atoms with Gasteiger partial charge in [-0.1, -0.05) is 29.8 Å². The van der Waals surface area contributed by atoms with Crippen molar-refractivity contribution in [3.63, 3.8) is 0 Å². The number of carbonyl (C=O) groups is 2. The van der Waals surface area contributed by atoms with Crippen LogP contribution in [-0.2, 0) is 4.79 Å². The van der Waals surface area contributed by atoms with Gasteiger partial charge in [-0.25, -0.2) is 4.79 Å². The number of benzene rings is 1. The summed E-state index contributed by atoms with van der Waals surface area (Å²) in [5.74, 6) is 0.425. The van der Waals surface area contributed by atoms with Crippen molar-refractivity contribution < 1.29 is 9.59 Å². The van der Waals surface area contributed by atoms with E-state index in [1.54, 1.807) is 19.1 Å². The van der Waals surface area contributed by atoms with Crippen molar-refractivity contribution in [1.82, 2.24) is 5.32 Å². The van der Waals surface area contributed by atoms with E-state index in [0.29, 0.717) is 18.2 Å². The van der Waals surface area contributed by atoms with Crippen molar-refractivity contribution in [1.29, 1.82) is 0 Å². The number of nitrogens with one attached hydrogen (secondary N) is 2. The Morgan fingerprint density at radius 2 is 1.80 bits per heavy atom. The Balaban J connectivity index is 2.45. The second kappa shape index (κ2) is 8.04. The first-order valence-corrected chi connectivity index (χ1v) is 7.48. The first kappa shape index (κ1) is 16.7. The van der Waals surface area contributed by atoms with Gasteiger partial charge in [0, 0.05) is 22.6 Å². The standard InChI is InChI=1S/C15H21BrN2O2/c1-10(2)8-12(11(3)19)9-17-15(20)18-14-6-4-13(16)5-7-14/h4-7,10,12H,8-9H2,1-3H3,(H2,17,18,20).